The summed E-state index contributed by atoms with van der Waals surface area (Å²) in [7, 11) is 4.67. The zero-order valence-corrected chi connectivity index (χ0v) is 12.6. The number of carbonyl (C=O) groups is 1. The average Bonchev–Trinajstić information content (AvgIpc) is 2.49. The topological polar surface area (TPSA) is 57.5 Å². The van der Waals surface area contributed by atoms with Crippen LogP contribution in [0, 0.1) is 0 Å². The van der Waals surface area contributed by atoms with E-state index in [9.17, 15) is 9.59 Å². The van der Waals surface area contributed by atoms with E-state index < -0.39 is 10.8 Å². The van der Waals surface area contributed by atoms with Crippen LogP contribution in [0.3, 0.4) is 0 Å². The first-order valence-corrected chi connectivity index (χ1v) is 6.49. The van der Waals surface area contributed by atoms with E-state index in [0.717, 1.165) is 0 Å². The van der Waals surface area contributed by atoms with Gasteiger partial charge in [0.2, 0.25) is 0 Å². The van der Waals surface area contributed by atoms with Gasteiger partial charge in [-0.25, -0.2) is 0 Å². The van der Waals surface area contributed by atoms with Gasteiger partial charge in [-0.15, -0.1) is 0 Å². The van der Waals surface area contributed by atoms with Gasteiger partial charge in [0, 0.05) is 12.6 Å². The minimum atomic E-state index is -0.778. The van der Waals surface area contributed by atoms with Gasteiger partial charge in [-0.05, 0) is 41.9 Å². The standard InChI is InChI=1S/C15H14ClNO4/c1-17-12(6-5-10(14(16)18)15(17)19)11-8-9(20-2)4-7-13(11)21-3/h4-8H,1-3H3. The summed E-state index contributed by atoms with van der Waals surface area (Å²) in [5.41, 5.74) is 0.754. The SMILES string of the molecule is COc1ccc(OC)c(-c2ccc(C(=O)Cl)c(=O)n2C)c1. The molecule has 6 heteroatoms. The number of hydrogen-bond acceptors (Lipinski definition) is 4. The molecule has 0 unspecified atom stereocenters. The van der Waals surface area contributed by atoms with Gasteiger partial charge in [-0.3, -0.25) is 9.59 Å². The Hall–Kier alpha value is -2.27. The number of carbonyl (C=O) groups excluding carboxylic acids is 1. The van der Waals surface area contributed by atoms with E-state index >= 15 is 0 Å². The lowest BCUT2D eigenvalue weighted by Crippen LogP contribution is -2.23. The molecule has 0 saturated heterocycles. The summed E-state index contributed by atoms with van der Waals surface area (Å²) < 4.78 is 11.9. The molecule has 0 amide bonds. The van der Waals surface area contributed by atoms with Gasteiger partial charge in [-0.1, -0.05) is 0 Å². The van der Waals surface area contributed by atoms with Crippen LogP contribution in [0.1, 0.15) is 10.4 Å². The number of aromatic nitrogens is 1. The van der Waals surface area contributed by atoms with Crippen molar-refractivity contribution in [3.63, 3.8) is 0 Å². The molecule has 0 aliphatic heterocycles. The van der Waals surface area contributed by atoms with E-state index in [0.29, 0.717) is 22.8 Å². The Morgan fingerprint density at radius 3 is 2.43 bits per heavy atom. The van der Waals surface area contributed by atoms with Crippen LogP contribution in [0.25, 0.3) is 11.3 Å². The summed E-state index contributed by atoms with van der Waals surface area (Å²) in [6.45, 7) is 0. The van der Waals surface area contributed by atoms with Crippen LogP contribution in [-0.2, 0) is 7.05 Å². The molecule has 0 aliphatic carbocycles. The third-order valence-electron chi connectivity index (χ3n) is 3.20. The number of halogens is 1. The van der Waals surface area contributed by atoms with Crippen molar-refractivity contribution in [2.45, 2.75) is 0 Å². The number of pyridine rings is 1. The fourth-order valence-electron chi connectivity index (χ4n) is 2.07. The molecule has 21 heavy (non-hydrogen) atoms. The molecule has 0 bridgehead atoms. The Labute approximate surface area is 126 Å². The summed E-state index contributed by atoms with van der Waals surface area (Å²) in [6, 6.07) is 8.33. The van der Waals surface area contributed by atoms with E-state index in [-0.39, 0.29) is 5.56 Å². The summed E-state index contributed by atoms with van der Waals surface area (Å²) in [5.74, 6) is 1.23. The number of benzene rings is 1. The van der Waals surface area contributed by atoms with Gasteiger partial charge < -0.3 is 14.0 Å². The molecule has 110 valence electrons. The van der Waals surface area contributed by atoms with E-state index in [2.05, 4.69) is 0 Å². The molecule has 5 nitrogen and oxygen atoms in total. The van der Waals surface area contributed by atoms with Crippen molar-refractivity contribution in [3.05, 3.63) is 46.2 Å². The highest BCUT2D eigenvalue weighted by atomic mass is 35.5. The second-order valence-corrected chi connectivity index (χ2v) is 4.68. The predicted molar refractivity (Wildman–Crippen MR) is 80.4 cm³/mol. The molecule has 0 spiro atoms. The van der Waals surface area contributed by atoms with Crippen molar-refractivity contribution in [3.8, 4) is 22.8 Å². The minimum absolute atomic E-state index is 0.0650. The molecule has 2 rings (SSSR count). The van der Waals surface area contributed by atoms with Gasteiger partial charge >= 0.3 is 0 Å². The van der Waals surface area contributed by atoms with Crippen LogP contribution in [0.2, 0.25) is 0 Å². The lowest BCUT2D eigenvalue weighted by molar-refractivity contribution is 0.107. The lowest BCUT2D eigenvalue weighted by atomic mass is 10.1. The maximum absolute atomic E-state index is 12.1. The first kappa shape index (κ1) is 15.1. The molecule has 1 aromatic heterocycles. The van der Waals surface area contributed by atoms with E-state index in [1.54, 1.807) is 45.5 Å². The van der Waals surface area contributed by atoms with Gasteiger partial charge in [0.15, 0.2) is 0 Å². The second kappa shape index (κ2) is 6.01. The zero-order chi connectivity index (χ0) is 15.6. The molecule has 0 radical (unpaired) electrons. The fourth-order valence-corrected chi connectivity index (χ4v) is 2.21. The van der Waals surface area contributed by atoms with Crippen LogP contribution in [0.5, 0.6) is 11.5 Å². The third-order valence-corrected chi connectivity index (χ3v) is 3.40. The number of ether oxygens (including phenoxy) is 2. The number of hydrogen-bond donors (Lipinski definition) is 0. The molecular formula is C15H14ClNO4. The van der Waals surface area contributed by atoms with Gasteiger partial charge in [0.05, 0.1) is 25.5 Å². The van der Waals surface area contributed by atoms with Crippen LogP contribution >= 0.6 is 11.6 Å². The van der Waals surface area contributed by atoms with Gasteiger partial charge in [0.1, 0.15) is 11.5 Å². The second-order valence-electron chi connectivity index (χ2n) is 4.34. The maximum Gasteiger partial charge on any atom is 0.262 e. The Bertz CT molecular complexity index is 752. The van der Waals surface area contributed by atoms with Crippen LogP contribution < -0.4 is 15.0 Å². The molecule has 0 aliphatic rings. The first-order chi connectivity index (χ1) is 9.99. The van der Waals surface area contributed by atoms with Crippen molar-refractivity contribution >= 4 is 16.8 Å². The molecule has 0 saturated carbocycles. The molecule has 2 aromatic rings. The highest BCUT2D eigenvalue weighted by Gasteiger charge is 2.15. The van der Waals surface area contributed by atoms with Crippen molar-refractivity contribution in [1.29, 1.82) is 0 Å². The number of methoxy groups -OCH3 is 2. The van der Waals surface area contributed by atoms with Crippen molar-refractivity contribution in [1.82, 2.24) is 4.57 Å². The summed E-state index contributed by atoms with van der Waals surface area (Å²) >= 11 is 5.39. The van der Waals surface area contributed by atoms with E-state index in [4.69, 9.17) is 21.1 Å². The van der Waals surface area contributed by atoms with Crippen LogP contribution in [0.4, 0.5) is 0 Å². The van der Waals surface area contributed by atoms with E-state index in [1.807, 2.05) is 0 Å². The Morgan fingerprint density at radius 1 is 1.14 bits per heavy atom. The Kier molecular flexibility index (Phi) is 4.33. The Morgan fingerprint density at radius 2 is 1.86 bits per heavy atom. The van der Waals surface area contributed by atoms with E-state index in [1.165, 1.54) is 10.6 Å². The van der Waals surface area contributed by atoms with Crippen LogP contribution in [-0.4, -0.2) is 24.0 Å². The molecule has 0 fully saturated rings. The Balaban J connectivity index is 2.70. The number of nitrogens with zero attached hydrogens (tertiary/aromatic N) is 1. The molecule has 1 aromatic carbocycles. The minimum Gasteiger partial charge on any atom is -0.497 e. The molecule has 0 N–H and O–H groups in total. The van der Waals surface area contributed by atoms with Crippen LogP contribution in [0.15, 0.2) is 35.1 Å². The fraction of sp³-hybridized carbons (Fsp3) is 0.200. The quantitative estimate of drug-likeness (QED) is 0.814. The normalized spacial score (nSPS) is 10.3. The predicted octanol–water partition coefficient (Wildman–Crippen LogP) is 2.45. The van der Waals surface area contributed by atoms with Crippen molar-refractivity contribution < 1.29 is 14.3 Å². The lowest BCUT2D eigenvalue weighted by Gasteiger charge is -2.14. The molecule has 1 heterocycles. The van der Waals surface area contributed by atoms with Gasteiger partial charge in [0.25, 0.3) is 10.8 Å². The third kappa shape index (κ3) is 2.78. The van der Waals surface area contributed by atoms with Crippen molar-refractivity contribution in [2.75, 3.05) is 14.2 Å². The first-order valence-electron chi connectivity index (χ1n) is 6.12. The number of rotatable bonds is 4. The maximum atomic E-state index is 12.1. The summed E-state index contributed by atoms with van der Waals surface area (Å²) in [5, 5.41) is -0.778. The largest absolute Gasteiger partial charge is 0.497 e. The monoisotopic (exact) mass is 307 g/mol. The van der Waals surface area contributed by atoms with Gasteiger partial charge in [-0.2, -0.15) is 0 Å². The highest BCUT2D eigenvalue weighted by Crippen LogP contribution is 2.32. The highest BCUT2D eigenvalue weighted by molar-refractivity contribution is 6.67. The average molecular weight is 308 g/mol. The summed E-state index contributed by atoms with van der Waals surface area (Å²) in [4.78, 5) is 23.3. The molecular weight excluding hydrogens is 294 g/mol. The summed E-state index contributed by atoms with van der Waals surface area (Å²) in [6.07, 6.45) is 0. The molecule has 0 atom stereocenters. The smallest absolute Gasteiger partial charge is 0.262 e. The zero-order valence-electron chi connectivity index (χ0n) is 11.8. The van der Waals surface area contributed by atoms with Crippen molar-refractivity contribution in [2.24, 2.45) is 7.05 Å².